The molecule has 24 heavy (non-hydrogen) atoms. The van der Waals surface area contributed by atoms with E-state index < -0.39 is 0 Å². The fraction of sp³-hybridized carbons (Fsp3) is 0.632. The minimum atomic E-state index is 0.0824. The normalized spacial score (nSPS) is 20.1. The summed E-state index contributed by atoms with van der Waals surface area (Å²) in [6.07, 6.45) is 3.93. The lowest BCUT2D eigenvalue weighted by Gasteiger charge is -2.45. The van der Waals surface area contributed by atoms with Crippen LogP contribution in [0.1, 0.15) is 46.1 Å². The first-order valence-electron chi connectivity index (χ1n) is 8.32. The first kappa shape index (κ1) is 18.6. The Morgan fingerprint density at radius 1 is 0.958 bits per heavy atom. The molecule has 0 amide bonds. The molecule has 0 bridgehead atoms. The number of rotatable bonds is 5. The third-order valence-corrected chi connectivity index (χ3v) is 4.29. The van der Waals surface area contributed by atoms with Gasteiger partial charge in [-0.3, -0.25) is 4.99 Å². The van der Waals surface area contributed by atoms with Gasteiger partial charge >= 0.3 is 0 Å². The van der Waals surface area contributed by atoms with Gasteiger partial charge in [-0.1, -0.05) is 0 Å². The largest absolute Gasteiger partial charge is 0.493 e. The van der Waals surface area contributed by atoms with Crippen LogP contribution >= 0.6 is 0 Å². The van der Waals surface area contributed by atoms with Crippen molar-refractivity contribution in [2.75, 3.05) is 21.3 Å². The molecule has 0 radical (unpaired) electrons. The van der Waals surface area contributed by atoms with Gasteiger partial charge in [-0.25, -0.2) is 0 Å². The van der Waals surface area contributed by atoms with E-state index in [4.69, 9.17) is 19.2 Å². The summed E-state index contributed by atoms with van der Waals surface area (Å²) in [7, 11) is 4.85. The summed E-state index contributed by atoms with van der Waals surface area (Å²) in [6.45, 7) is 8.93. The molecule has 0 aliphatic carbocycles. The Kier molecular flexibility index (Phi) is 5.43. The summed E-state index contributed by atoms with van der Waals surface area (Å²) in [4.78, 5) is 4.83. The van der Waals surface area contributed by atoms with Gasteiger partial charge in [0.25, 0.3) is 0 Å². The maximum Gasteiger partial charge on any atom is 0.203 e. The molecule has 5 heteroatoms. The number of benzene rings is 1. The molecule has 1 aromatic rings. The Hall–Kier alpha value is -1.75. The van der Waals surface area contributed by atoms with Crippen molar-refractivity contribution < 1.29 is 14.2 Å². The highest BCUT2D eigenvalue weighted by Crippen LogP contribution is 2.38. The van der Waals surface area contributed by atoms with Gasteiger partial charge in [-0.15, -0.1) is 0 Å². The Morgan fingerprint density at radius 2 is 1.46 bits per heavy atom. The predicted molar refractivity (Wildman–Crippen MR) is 98.0 cm³/mol. The number of aliphatic imine (C=N–C) groups is 1. The lowest BCUT2D eigenvalue weighted by Crippen LogP contribution is -2.58. The van der Waals surface area contributed by atoms with Crippen molar-refractivity contribution >= 4 is 6.21 Å². The molecule has 1 aromatic carbocycles. The van der Waals surface area contributed by atoms with Crippen molar-refractivity contribution in [3.63, 3.8) is 0 Å². The molecule has 1 fully saturated rings. The van der Waals surface area contributed by atoms with E-state index in [1.807, 2.05) is 18.3 Å². The Morgan fingerprint density at radius 3 is 1.88 bits per heavy atom. The Labute approximate surface area is 145 Å². The van der Waals surface area contributed by atoms with Crippen LogP contribution in [-0.4, -0.2) is 44.7 Å². The molecular weight excluding hydrogens is 304 g/mol. The molecule has 1 N–H and O–H groups in total. The third-order valence-electron chi connectivity index (χ3n) is 4.29. The first-order valence-corrected chi connectivity index (χ1v) is 8.32. The van der Waals surface area contributed by atoms with Crippen molar-refractivity contribution in [3.8, 4) is 17.2 Å². The van der Waals surface area contributed by atoms with Gasteiger partial charge < -0.3 is 19.5 Å². The second-order valence-electron chi connectivity index (χ2n) is 7.69. The number of methoxy groups -OCH3 is 3. The summed E-state index contributed by atoms with van der Waals surface area (Å²) in [6, 6.07) is 4.13. The average molecular weight is 334 g/mol. The fourth-order valence-electron chi connectivity index (χ4n) is 3.74. The van der Waals surface area contributed by atoms with Crippen LogP contribution in [0.5, 0.6) is 17.2 Å². The lowest BCUT2D eigenvalue weighted by molar-refractivity contribution is 0.164. The highest BCUT2D eigenvalue weighted by Gasteiger charge is 2.37. The van der Waals surface area contributed by atoms with Crippen LogP contribution in [0.25, 0.3) is 0 Å². The second kappa shape index (κ2) is 7.01. The monoisotopic (exact) mass is 334 g/mol. The Bertz CT molecular complexity index is 568. The van der Waals surface area contributed by atoms with Gasteiger partial charge in [0.05, 0.1) is 27.4 Å². The molecule has 0 atom stereocenters. The number of nitrogens with one attached hydrogen (secondary N) is 1. The molecule has 2 rings (SSSR count). The average Bonchev–Trinajstić information content (AvgIpc) is 2.48. The van der Waals surface area contributed by atoms with E-state index in [9.17, 15) is 0 Å². The fourth-order valence-corrected chi connectivity index (χ4v) is 3.74. The summed E-state index contributed by atoms with van der Waals surface area (Å²) in [5, 5.41) is 3.68. The summed E-state index contributed by atoms with van der Waals surface area (Å²) in [5.41, 5.74) is 1.11. The van der Waals surface area contributed by atoms with Gasteiger partial charge in [-0.05, 0) is 58.2 Å². The smallest absolute Gasteiger partial charge is 0.203 e. The number of ether oxygens (including phenoxy) is 3. The number of piperidine rings is 1. The van der Waals surface area contributed by atoms with Crippen LogP contribution in [0, 0.1) is 0 Å². The number of hydrogen-bond acceptors (Lipinski definition) is 5. The molecule has 1 aliphatic rings. The van der Waals surface area contributed by atoms with E-state index in [2.05, 4.69) is 33.0 Å². The second-order valence-corrected chi connectivity index (χ2v) is 7.69. The van der Waals surface area contributed by atoms with Gasteiger partial charge in [0.15, 0.2) is 11.5 Å². The van der Waals surface area contributed by atoms with Gasteiger partial charge in [-0.2, -0.15) is 0 Å². The topological polar surface area (TPSA) is 52.1 Å². The molecule has 1 aliphatic heterocycles. The van der Waals surface area contributed by atoms with E-state index in [0.29, 0.717) is 17.2 Å². The molecule has 0 saturated carbocycles. The Balaban J connectivity index is 2.25. The zero-order chi connectivity index (χ0) is 18.0. The van der Waals surface area contributed by atoms with Crippen LogP contribution < -0.4 is 19.5 Å². The molecule has 1 saturated heterocycles. The van der Waals surface area contributed by atoms with Gasteiger partial charge in [0, 0.05) is 17.3 Å². The van der Waals surface area contributed by atoms with E-state index in [0.717, 1.165) is 18.4 Å². The van der Waals surface area contributed by atoms with E-state index in [1.165, 1.54) is 0 Å². The minimum absolute atomic E-state index is 0.0824. The molecule has 1 heterocycles. The summed E-state index contributed by atoms with van der Waals surface area (Å²) < 4.78 is 16.2. The quantitative estimate of drug-likeness (QED) is 0.838. The zero-order valence-electron chi connectivity index (χ0n) is 15.9. The lowest BCUT2D eigenvalue weighted by atomic mass is 9.80. The molecule has 0 unspecified atom stereocenters. The predicted octanol–water partition coefficient (Wildman–Crippen LogP) is 3.44. The first-order chi connectivity index (χ1) is 11.2. The SMILES string of the molecule is COc1cc(C=NC2CC(C)(C)NC(C)(C)C2)cc(OC)c1OC. The number of nitrogens with zero attached hydrogens (tertiary/aromatic N) is 1. The minimum Gasteiger partial charge on any atom is -0.493 e. The maximum atomic E-state index is 5.40. The van der Waals surface area contributed by atoms with Gasteiger partial charge in [0.2, 0.25) is 5.75 Å². The zero-order valence-corrected chi connectivity index (χ0v) is 15.9. The third kappa shape index (κ3) is 4.41. The summed E-state index contributed by atoms with van der Waals surface area (Å²) >= 11 is 0. The van der Waals surface area contributed by atoms with Crippen LogP contribution in [-0.2, 0) is 0 Å². The molecule has 0 aromatic heterocycles. The van der Waals surface area contributed by atoms with E-state index >= 15 is 0 Å². The van der Waals surface area contributed by atoms with Crippen molar-refractivity contribution in [1.82, 2.24) is 5.32 Å². The molecule has 0 spiro atoms. The van der Waals surface area contributed by atoms with E-state index in [-0.39, 0.29) is 17.1 Å². The van der Waals surface area contributed by atoms with Crippen molar-refractivity contribution in [2.45, 2.75) is 57.7 Å². The standard InChI is InChI=1S/C19H30N2O3/c1-18(2)10-14(11-19(3,4)21-18)20-12-13-8-15(22-5)17(24-7)16(9-13)23-6/h8-9,12,14,21H,10-11H2,1-7H3. The van der Waals surface area contributed by atoms with Crippen molar-refractivity contribution in [1.29, 1.82) is 0 Å². The number of hydrogen-bond donors (Lipinski definition) is 1. The van der Waals surface area contributed by atoms with Gasteiger partial charge in [0.1, 0.15) is 0 Å². The summed E-state index contributed by atoms with van der Waals surface area (Å²) in [5.74, 6) is 1.88. The van der Waals surface area contributed by atoms with Crippen LogP contribution in [0.15, 0.2) is 17.1 Å². The van der Waals surface area contributed by atoms with E-state index in [1.54, 1.807) is 21.3 Å². The van der Waals surface area contributed by atoms with Crippen LogP contribution in [0.2, 0.25) is 0 Å². The van der Waals surface area contributed by atoms with Crippen LogP contribution in [0.3, 0.4) is 0 Å². The highest BCUT2D eigenvalue weighted by molar-refractivity contribution is 5.82. The molecule has 134 valence electrons. The molecular formula is C19H30N2O3. The molecule has 5 nitrogen and oxygen atoms in total. The highest BCUT2D eigenvalue weighted by atomic mass is 16.5. The van der Waals surface area contributed by atoms with Crippen LogP contribution in [0.4, 0.5) is 0 Å². The van der Waals surface area contributed by atoms with Crippen molar-refractivity contribution in [3.05, 3.63) is 17.7 Å². The van der Waals surface area contributed by atoms with Crippen molar-refractivity contribution in [2.24, 2.45) is 4.99 Å². The maximum absolute atomic E-state index is 5.40.